The van der Waals surface area contributed by atoms with E-state index in [4.69, 9.17) is 4.74 Å². The second kappa shape index (κ2) is 9.11. The fourth-order valence-electron chi connectivity index (χ4n) is 2.16. The number of nitrogens with one attached hydrogen (secondary N) is 3. The zero-order chi connectivity index (χ0) is 20.0. The van der Waals surface area contributed by atoms with Crippen LogP contribution in [0.4, 0.5) is 9.18 Å². The second-order valence-electron chi connectivity index (χ2n) is 6.61. The normalized spacial score (nSPS) is 14.2. The van der Waals surface area contributed by atoms with Crippen LogP contribution in [0.5, 0.6) is 0 Å². The Labute approximate surface area is 155 Å². The average molecular weight is 379 g/mol. The van der Waals surface area contributed by atoms with Crippen LogP contribution in [0.25, 0.3) is 0 Å². The Morgan fingerprint density at radius 2 is 1.78 bits per heavy atom. The summed E-state index contributed by atoms with van der Waals surface area (Å²) in [6.45, 7) is 2.74. The van der Waals surface area contributed by atoms with Gasteiger partial charge in [-0.1, -0.05) is 13.8 Å². The fraction of sp³-hybridized carbons (Fsp3) is 0.444. The maximum Gasteiger partial charge on any atom is 0.329 e. The van der Waals surface area contributed by atoms with Crippen LogP contribution in [0.15, 0.2) is 24.3 Å². The summed E-state index contributed by atoms with van der Waals surface area (Å²) in [6.07, 6.45) is 1.75. The molecule has 1 aromatic carbocycles. The molecule has 0 heterocycles. The van der Waals surface area contributed by atoms with E-state index in [1.54, 1.807) is 13.8 Å². The van der Waals surface area contributed by atoms with Crippen molar-refractivity contribution in [2.45, 2.75) is 38.8 Å². The highest BCUT2D eigenvalue weighted by molar-refractivity contribution is 5.98. The topological polar surface area (TPSA) is 114 Å². The van der Waals surface area contributed by atoms with Gasteiger partial charge in [-0.15, -0.1) is 0 Å². The van der Waals surface area contributed by atoms with Crippen LogP contribution in [-0.2, 0) is 14.3 Å². The lowest BCUT2D eigenvalue weighted by atomic mass is 10.0. The van der Waals surface area contributed by atoms with Gasteiger partial charge in [0.05, 0.1) is 0 Å². The van der Waals surface area contributed by atoms with Crippen molar-refractivity contribution in [2.24, 2.45) is 5.92 Å². The molecular formula is C18H22FN3O5. The number of benzene rings is 1. The predicted molar refractivity (Wildman–Crippen MR) is 93.1 cm³/mol. The molecule has 9 heteroatoms. The van der Waals surface area contributed by atoms with Gasteiger partial charge in [0.1, 0.15) is 11.9 Å². The third kappa shape index (κ3) is 6.69. The van der Waals surface area contributed by atoms with Gasteiger partial charge >= 0.3 is 12.0 Å². The maximum absolute atomic E-state index is 12.9. The molecule has 0 radical (unpaired) electrons. The molecule has 1 aliphatic carbocycles. The van der Waals surface area contributed by atoms with Crippen LogP contribution in [0, 0.1) is 11.7 Å². The van der Waals surface area contributed by atoms with Crippen LogP contribution < -0.4 is 16.0 Å². The van der Waals surface area contributed by atoms with Gasteiger partial charge in [-0.2, -0.15) is 0 Å². The molecule has 1 atom stereocenters. The van der Waals surface area contributed by atoms with E-state index in [-0.39, 0.29) is 17.5 Å². The number of carbonyl (C=O) groups is 4. The summed E-state index contributed by atoms with van der Waals surface area (Å²) in [4.78, 5) is 47.5. The van der Waals surface area contributed by atoms with Gasteiger partial charge in [0, 0.05) is 11.6 Å². The van der Waals surface area contributed by atoms with Crippen LogP contribution in [-0.4, -0.2) is 42.5 Å². The highest BCUT2D eigenvalue weighted by atomic mass is 19.1. The molecule has 8 nitrogen and oxygen atoms in total. The summed E-state index contributed by atoms with van der Waals surface area (Å²) in [5.74, 6) is -2.95. The first-order valence-corrected chi connectivity index (χ1v) is 8.59. The van der Waals surface area contributed by atoms with Gasteiger partial charge < -0.3 is 15.4 Å². The predicted octanol–water partition coefficient (Wildman–Crippen LogP) is 1.11. The van der Waals surface area contributed by atoms with Crippen molar-refractivity contribution in [3.63, 3.8) is 0 Å². The average Bonchev–Trinajstić information content (AvgIpc) is 3.41. The van der Waals surface area contributed by atoms with Gasteiger partial charge in [-0.25, -0.2) is 14.0 Å². The largest absolute Gasteiger partial charge is 0.454 e. The molecule has 1 aromatic rings. The van der Waals surface area contributed by atoms with Crippen molar-refractivity contribution in [1.82, 2.24) is 16.0 Å². The highest BCUT2D eigenvalue weighted by Crippen LogP contribution is 2.18. The van der Waals surface area contributed by atoms with E-state index in [9.17, 15) is 23.6 Å². The van der Waals surface area contributed by atoms with E-state index in [0.717, 1.165) is 25.0 Å². The number of imide groups is 1. The first-order valence-electron chi connectivity index (χ1n) is 8.59. The summed E-state index contributed by atoms with van der Waals surface area (Å²) < 4.78 is 17.8. The molecule has 0 aliphatic heterocycles. The Morgan fingerprint density at radius 1 is 1.15 bits per heavy atom. The number of hydrogen-bond donors (Lipinski definition) is 3. The third-order valence-electron chi connectivity index (χ3n) is 3.82. The lowest BCUT2D eigenvalue weighted by Crippen LogP contribution is -2.47. The molecule has 27 heavy (non-hydrogen) atoms. The summed E-state index contributed by atoms with van der Waals surface area (Å²) in [5.41, 5.74) is 0.185. The number of rotatable bonds is 7. The molecule has 0 spiro atoms. The van der Waals surface area contributed by atoms with Crippen LogP contribution in [0.1, 0.15) is 37.0 Å². The number of hydrogen-bond acceptors (Lipinski definition) is 5. The molecular weight excluding hydrogens is 357 g/mol. The maximum atomic E-state index is 12.9. The molecule has 2 rings (SSSR count). The van der Waals surface area contributed by atoms with Crippen molar-refractivity contribution in [1.29, 1.82) is 0 Å². The van der Waals surface area contributed by atoms with Crippen molar-refractivity contribution < 1.29 is 28.3 Å². The van der Waals surface area contributed by atoms with Crippen LogP contribution >= 0.6 is 0 Å². The minimum absolute atomic E-state index is 0.0901. The Morgan fingerprint density at radius 3 is 2.33 bits per heavy atom. The van der Waals surface area contributed by atoms with Gasteiger partial charge in [0.15, 0.2) is 6.61 Å². The summed E-state index contributed by atoms with van der Waals surface area (Å²) >= 11 is 0. The van der Waals surface area contributed by atoms with E-state index in [1.807, 2.05) is 0 Å². The second-order valence-corrected chi connectivity index (χ2v) is 6.61. The molecule has 146 valence electrons. The first-order chi connectivity index (χ1) is 12.8. The zero-order valence-corrected chi connectivity index (χ0v) is 15.1. The molecule has 3 N–H and O–H groups in total. The van der Waals surface area contributed by atoms with E-state index in [0.29, 0.717) is 0 Å². The molecule has 4 amide bonds. The van der Waals surface area contributed by atoms with E-state index >= 15 is 0 Å². The van der Waals surface area contributed by atoms with Crippen molar-refractivity contribution in [3.8, 4) is 0 Å². The molecule has 0 unspecified atom stereocenters. The number of esters is 1. The first kappa shape index (κ1) is 20.3. The number of carbonyl (C=O) groups excluding carboxylic acids is 4. The molecule has 0 saturated heterocycles. The van der Waals surface area contributed by atoms with Gasteiger partial charge in [-0.05, 0) is 43.0 Å². The van der Waals surface area contributed by atoms with Crippen LogP contribution in [0.2, 0.25) is 0 Å². The number of urea groups is 1. The highest BCUT2D eigenvalue weighted by Gasteiger charge is 2.27. The molecule has 0 bridgehead atoms. The van der Waals surface area contributed by atoms with Crippen LogP contribution in [0.3, 0.4) is 0 Å². The lowest BCUT2D eigenvalue weighted by molar-refractivity contribution is -0.151. The Hall–Kier alpha value is -2.97. The molecule has 1 saturated carbocycles. The number of halogens is 1. The smallest absolute Gasteiger partial charge is 0.329 e. The van der Waals surface area contributed by atoms with Gasteiger partial charge in [0.2, 0.25) is 0 Å². The summed E-state index contributed by atoms with van der Waals surface area (Å²) in [6, 6.07) is 3.30. The molecule has 1 aliphatic rings. The Bertz CT molecular complexity index is 716. The fourth-order valence-corrected chi connectivity index (χ4v) is 2.16. The van der Waals surface area contributed by atoms with Crippen molar-refractivity contribution >= 4 is 23.8 Å². The van der Waals surface area contributed by atoms with Gasteiger partial charge in [0.25, 0.3) is 11.8 Å². The minimum Gasteiger partial charge on any atom is -0.454 e. The molecule has 1 fully saturated rings. The minimum atomic E-state index is -1.00. The number of amides is 4. The lowest BCUT2D eigenvalue weighted by Gasteiger charge is -2.20. The Kier molecular flexibility index (Phi) is 6.86. The van der Waals surface area contributed by atoms with Crippen molar-refractivity contribution in [3.05, 3.63) is 35.6 Å². The summed E-state index contributed by atoms with van der Waals surface area (Å²) in [7, 11) is 0. The van der Waals surface area contributed by atoms with E-state index in [2.05, 4.69) is 16.0 Å². The molecule has 0 aromatic heterocycles. The van der Waals surface area contributed by atoms with Gasteiger partial charge in [-0.3, -0.25) is 14.9 Å². The monoisotopic (exact) mass is 379 g/mol. The van der Waals surface area contributed by atoms with E-state index in [1.165, 1.54) is 12.1 Å². The Balaban J connectivity index is 1.84. The third-order valence-corrected chi connectivity index (χ3v) is 3.82. The van der Waals surface area contributed by atoms with Crippen molar-refractivity contribution in [2.75, 3.05) is 6.61 Å². The summed E-state index contributed by atoms with van der Waals surface area (Å²) in [5, 5.41) is 7.13. The quantitative estimate of drug-likeness (QED) is 0.614. The SMILES string of the molecule is CC(C)[C@H](NC(=O)c1ccc(F)cc1)C(=O)OCC(=O)NC(=O)NC1CC1. The standard InChI is InChI=1S/C18H22FN3O5/c1-10(2)15(22-16(24)11-3-5-12(19)6-4-11)17(25)27-9-14(23)21-18(26)20-13-7-8-13/h3-6,10,13,15H,7-9H2,1-2H3,(H,22,24)(H2,20,21,23,26)/t15-/m0/s1. The number of ether oxygens (including phenoxy) is 1. The zero-order valence-electron chi connectivity index (χ0n) is 15.1. The van der Waals surface area contributed by atoms with E-state index < -0.39 is 42.3 Å².